The van der Waals surface area contributed by atoms with Crippen molar-refractivity contribution >= 4 is 62.3 Å². The van der Waals surface area contributed by atoms with Crippen LogP contribution in [0.2, 0.25) is 15.1 Å². The Kier molecular flexibility index (Phi) is 11.3. The van der Waals surface area contributed by atoms with Crippen LogP contribution < -0.4 is 9.62 Å². The molecule has 0 aromatic heterocycles. The molecule has 0 spiro atoms. The smallest absolute Gasteiger partial charge is 0.244 e. The maximum atomic E-state index is 14.0. The fourth-order valence-corrected chi connectivity index (χ4v) is 5.30. The quantitative estimate of drug-likeness (QED) is 0.269. The van der Waals surface area contributed by atoms with E-state index >= 15 is 0 Å². The van der Waals surface area contributed by atoms with Crippen LogP contribution in [0.25, 0.3) is 0 Å². The summed E-state index contributed by atoms with van der Waals surface area (Å²) in [5.74, 6) is -0.896. The Hall–Kier alpha value is -2.78. The molecule has 0 aliphatic rings. The van der Waals surface area contributed by atoms with E-state index in [0.717, 1.165) is 21.7 Å². The summed E-state index contributed by atoms with van der Waals surface area (Å²) in [7, 11) is -3.92. The zero-order valence-electron chi connectivity index (χ0n) is 22.5. The Morgan fingerprint density at radius 2 is 1.55 bits per heavy atom. The average Bonchev–Trinajstić information content (AvgIpc) is 2.91. The zero-order chi connectivity index (χ0) is 29.4. The number of hydrogen-bond donors (Lipinski definition) is 1. The summed E-state index contributed by atoms with van der Waals surface area (Å²) in [4.78, 5) is 29.1. The molecule has 0 bridgehead atoms. The molecule has 0 heterocycles. The Labute approximate surface area is 251 Å². The van der Waals surface area contributed by atoms with Crippen molar-refractivity contribution in [3.8, 4) is 0 Å². The molecule has 214 valence electrons. The van der Waals surface area contributed by atoms with E-state index in [1.807, 2.05) is 44.2 Å². The molecule has 0 fully saturated rings. The molecule has 1 N–H and O–H groups in total. The summed E-state index contributed by atoms with van der Waals surface area (Å²) in [6.45, 7) is 3.35. The first-order valence-electron chi connectivity index (χ1n) is 12.7. The van der Waals surface area contributed by atoms with E-state index in [9.17, 15) is 18.0 Å². The molecule has 0 aliphatic heterocycles. The van der Waals surface area contributed by atoms with Crippen molar-refractivity contribution in [3.05, 3.63) is 99.0 Å². The van der Waals surface area contributed by atoms with Gasteiger partial charge in [-0.15, -0.1) is 0 Å². The lowest BCUT2D eigenvalue weighted by atomic mass is 10.0. The van der Waals surface area contributed by atoms with Crippen LogP contribution >= 0.6 is 34.8 Å². The van der Waals surface area contributed by atoms with Crippen molar-refractivity contribution in [1.29, 1.82) is 0 Å². The van der Waals surface area contributed by atoms with Gasteiger partial charge in [-0.05, 0) is 54.8 Å². The van der Waals surface area contributed by atoms with Crippen molar-refractivity contribution in [2.75, 3.05) is 17.1 Å². The number of hydrogen-bond acceptors (Lipinski definition) is 4. The maximum absolute atomic E-state index is 14.0. The van der Waals surface area contributed by atoms with Gasteiger partial charge in [0.05, 0.1) is 22.0 Å². The Balaban J connectivity index is 2.06. The average molecular weight is 625 g/mol. The molecule has 3 aromatic rings. The molecule has 0 radical (unpaired) electrons. The van der Waals surface area contributed by atoms with Gasteiger partial charge in [0, 0.05) is 24.0 Å². The number of anilines is 1. The predicted octanol–water partition coefficient (Wildman–Crippen LogP) is 5.97. The van der Waals surface area contributed by atoms with Gasteiger partial charge < -0.3 is 10.2 Å². The number of nitrogens with zero attached hydrogens (tertiary/aromatic N) is 2. The third kappa shape index (κ3) is 8.86. The minimum Gasteiger partial charge on any atom is -0.352 e. The van der Waals surface area contributed by atoms with E-state index in [0.29, 0.717) is 11.4 Å². The van der Waals surface area contributed by atoms with Gasteiger partial charge >= 0.3 is 0 Å². The third-order valence-corrected chi connectivity index (χ3v) is 8.54. The lowest BCUT2D eigenvalue weighted by Crippen LogP contribution is -2.54. The van der Waals surface area contributed by atoms with Crippen molar-refractivity contribution < 1.29 is 18.0 Å². The van der Waals surface area contributed by atoms with Crippen LogP contribution in [-0.4, -0.2) is 50.0 Å². The van der Waals surface area contributed by atoms with Crippen LogP contribution in [-0.2, 0) is 32.6 Å². The van der Waals surface area contributed by atoms with Gasteiger partial charge in [-0.1, -0.05) is 84.2 Å². The fourth-order valence-electron chi connectivity index (χ4n) is 4.04. The lowest BCUT2D eigenvalue weighted by molar-refractivity contribution is -0.140. The summed E-state index contributed by atoms with van der Waals surface area (Å²) in [5.41, 5.74) is 1.76. The number of sulfonamides is 1. The second kappa shape index (κ2) is 14.2. The second-order valence-corrected chi connectivity index (χ2v) is 12.7. The Bertz CT molecular complexity index is 1420. The number of carbonyl (C=O) groups excluding carboxylic acids is 2. The molecule has 3 rings (SSSR count). The van der Waals surface area contributed by atoms with Gasteiger partial charge in [0.15, 0.2) is 0 Å². The molecular weight excluding hydrogens is 593 g/mol. The van der Waals surface area contributed by atoms with Gasteiger partial charge in [-0.2, -0.15) is 0 Å². The molecule has 3 aromatic carbocycles. The minimum absolute atomic E-state index is 0.0560. The van der Waals surface area contributed by atoms with Crippen molar-refractivity contribution in [1.82, 2.24) is 10.2 Å². The predicted molar refractivity (Wildman–Crippen MR) is 162 cm³/mol. The van der Waals surface area contributed by atoms with Gasteiger partial charge in [0.1, 0.15) is 12.6 Å². The molecule has 11 heteroatoms. The summed E-state index contributed by atoms with van der Waals surface area (Å²) < 4.78 is 26.6. The van der Waals surface area contributed by atoms with E-state index in [1.165, 1.54) is 23.1 Å². The molecule has 0 aliphatic carbocycles. The number of benzene rings is 3. The van der Waals surface area contributed by atoms with Crippen molar-refractivity contribution in [3.63, 3.8) is 0 Å². The summed E-state index contributed by atoms with van der Waals surface area (Å²) >= 11 is 18.3. The molecule has 40 heavy (non-hydrogen) atoms. The van der Waals surface area contributed by atoms with Crippen LogP contribution in [0, 0.1) is 0 Å². The van der Waals surface area contributed by atoms with Gasteiger partial charge in [0.25, 0.3) is 0 Å². The van der Waals surface area contributed by atoms with Gasteiger partial charge in [0.2, 0.25) is 21.8 Å². The molecule has 0 saturated heterocycles. The number of amides is 2. The Morgan fingerprint density at radius 1 is 0.900 bits per heavy atom. The summed E-state index contributed by atoms with van der Waals surface area (Å²) in [6, 6.07) is 19.6. The highest BCUT2D eigenvalue weighted by atomic mass is 35.5. The highest BCUT2D eigenvalue weighted by molar-refractivity contribution is 7.92. The van der Waals surface area contributed by atoms with Crippen LogP contribution in [0.15, 0.2) is 72.8 Å². The fraction of sp³-hybridized carbons (Fsp3) is 0.310. The molecular formula is C29H32Cl3N3O4S. The van der Waals surface area contributed by atoms with E-state index in [2.05, 4.69) is 5.32 Å². The third-order valence-electron chi connectivity index (χ3n) is 6.41. The standard InChI is InChI=1S/C29H32Cl3N3O4S/c1-4-20(2)33-29(37)27(16-21-8-6-5-7-9-21)34(18-22-10-12-23(30)13-11-22)28(36)19-35(40(3,38)39)24-14-15-25(31)26(32)17-24/h5-15,17,20,27H,4,16,18-19H2,1-3H3,(H,33,37)/t20-,27+/m1/s1. The normalized spacial score (nSPS) is 12.8. The molecule has 2 atom stereocenters. The first-order chi connectivity index (χ1) is 18.9. The monoisotopic (exact) mass is 623 g/mol. The van der Waals surface area contributed by atoms with E-state index < -0.39 is 28.5 Å². The highest BCUT2D eigenvalue weighted by Gasteiger charge is 2.33. The van der Waals surface area contributed by atoms with Crippen molar-refractivity contribution in [2.24, 2.45) is 0 Å². The van der Waals surface area contributed by atoms with E-state index in [1.54, 1.807) is 24.3 Å². The topological polar surface area (TPSA) is 86.8 Å². The van der Waals surface area contributed by atoms with Gasteiger partial charge in [-0.3, -0.25) is 13.9 Å². The van der Waals surface area contributed by atoms with Crippen molar-refractivity contribution in [2.45, 2.75) is 45.3 Å². The van der Waals surface area contributed by atoms with Gasteiger partial charge in [-0.25, -0.2) is 8.42 Å². The highest BCUT2D eigenvalue weighted by Crippen LogP contribution is 2.29. The van der Waals surface area contributed by atoms with E-state index in [4.69, 9.17) is 34.8 Å². The first-order valence-corrected chi connectivity index (χ1v) is 15.7. The lowest BCUT2D eigenvalue weighted by Gasteiger charge is -2.34. The SMILES string of the molecule is CC[C@@H](C)NC(=O)[C@H](Cc1ccccc1)N(Cc1ccc(Cl)cc1)C(=O)CN(c1ccc(Cl)c(Cl)c1)S(C)(=O)=O. The molecule has 2 amide bonds. The van der Waals surface area contributed by atoms with Crippen LogP contribution in [0.1, 0.15) is 31.4 Å². The van der Waals surface area contributed by atoms with E-state index in [-0.39, 0.29) is 40.6 Å². The number of carbonyl (C=O) groups is 2. The Morgan fingerprint density at radius 3 is 2.12 bits per heavy atom. The van der Waals surface area contributed by atoms with Crippen LogP contribution in [0.3, 0.4) is 0 Å². The first kappa shape index (κ1) is 31.7. The molecule has 0 unspecified atom stereocenters. The second-order valence-electron chi connectivity index (χ2n) is 9.54. The summed E-state index contributed by atoms with van der Waals surface area (Å²) in [5, 5.41) is 3.91. The largest absolute Gasteiger partial charge is 0.352 e. The molecule has 7 nitrogen and oxygen atoms in total. The number of halogens is 3. The molecule has 0 saturated carbocycles. The van der Waals surface area contributed by atoms with Crippen LogP contribution in [0.4, 0.5) is 5.69 Å². The number of rotatable bonds is 12. The number of nitrogens with one attached hydrogen (secondary N) is 1. The maximum Gasteiger partial charge on any atom is 0.244 e. The minimum atomic E-state index is -3.92. The zero-order valence-corrected chi connectivity index (χ0v) is 25.6. The van der Waals surface area contributed by atoms with Crippen LogP contribution in [0.5, 0.6) is 0 Å². The summed E-state index contributed by atoms with van der Waals surface area (Å²) in [6.07, 6.45) is 1.94.